The minimum absolute atomic E-state index is 0.193. The molecule has 7 atom stereocenters. The SMILES string of the molecule is CC/C=C/CC/C=C/CC/C=C/C(O)C(COC1OC(CO)C(O)C(O)C1O)NC(=O)CCCCCCCCCCCCCCCCCCCCC. The predicted molar refractivity (Wildman–Crippen MR) is 212 cm³/mol. The maximum Gasteiger partial charge on any atom is 0.220 e. The molecule has 6 N–H and O–H groups in total. The third-order valence-corrected chi connectivity index (χ3v) is 9.96. The number of amides is 1. The summed E-state index contributed by atoms with van der Waals surface area (Å²) in [6, 6.07) is -0.822. The number of allylic oxidation sites excluding steroid dienone is 5. The lowest BCUT2D eigenvalue weighted by Gasteiger charge is -2.40. The molecule has 1 saturated heterocycles. The molecule has 9 nitrogen and oxygen atoms in total. The highest BCUT2D eigenvalue weighted by Gasteiger charge is 2.44. The Labute approximate surface area is 317 Å². The van der Waals surface area contributed by atoms with E-state index in [0.29, 0.717) is 6.42 Å². The van der Waals surface area contributed by atoms with Gasteiger partial charge in [-0.1, -0.05) is 166 Å². The molecule has 304 valence electrons. The number of hydrogen-bond donors (Lipinski definition) is 6. The van der Waals surface area contributed by atoms with Crippen molar-refractivity contribution in [3.8, 4) is 0 Å². The van der Waals surface area contributed by atoms with Gasteiger partial charge in [0.1, 0.15) is 24.4 Å². The first-order valence-corrected chi connectivity index (χ1v) is 21.2. The van der Waals surface area contributed by atoms with Crippen molar-refractivity contribution in [3.05, 3.63) is 36.5 Å². The minimum Gasteiger partial charge on any atom is -0.394 e. The van der Waals surface area contributed by atoms with Gasteiger partial charge in [0.25, 0.3) is 0 Å². The zero-order valence-electron chi connectivity index (χ0n) is 33.1. The van der Waals surface area contributed by atoms with Gasteiger partial charge in [0.05, 0.1) is 25.4 Å². The fraction of sp³-hybridized carbons (Fsp3) is 0.837. The standard InChI is InChI=1S/C43H79NO8/c1-3-5-7-9-11-13-15-16-17-18-19-20-21-22-23-25-27-29-31-33-39(47)44-36(35-51-43-42(50)41(49)40(48)38(34-45)52-43)37(46)32-30-28-26-24-14-12-10-8-6-4-2/h6,8,14,24,30,32,36-38,40-43,45-46,48-50H,3-5,7,9-13,15-23,25-29,31,33-35H2,1-2H3,(H,44,47)/b8-6+,24-14+,32-30+. The fourth-order valence-corrected chi connectivity index (χ4v) is 6.55. The number of aliphatic hydroxyl groups is 5. The van der Waals surface area contributed by atoms with E-state index in [2.05, 4.69) is 43.5 Å². The second kappa shape index (κ2) is 33.9. The molecule has 1 fully saturated rings. The normalized spacial score (nSPS) is 22.2. The predicted octanol–water partition coefficient (Wildman–Crippen LogP) is 8.11. The number of carbonyl (C=O) groups excluding carboxylic acids is 1. The van der Waals surface area contributed by atoms with Gasteiger partial charge in [-0.2, -0.15) is 0 Å². The number of rotatable bonds is 34. The smallest absolute Gasteiger partial charge is 0.220 e. The Bertz CT molecular complexity index is 910. The first-order valence-electron chi connectivity index (χ1n) is 21.2. The van der Waals surface area contributed by atoms with Crippen LogP contribution in [-0.2, 0) is 14.3 Å². The highest BCUT2D eigenvalue weighted by Crippen LogP contribution is 2.22. The molecule has 1 aliphatic heterocycles. The maximum absolute atomic E-state index is 12.9. The molecule has 0 spiro atoms. The minimum atomic E-state index is -1.57. The van der Waals surface area contributed by atoms with Crippen LogP contribution in [0, 0.1) is 0 Å². The van der Waals surface area contributed by atoms with Crippen molar-refractivity contribution in [1.29, 1.82) is 0 Å². The van der Waals surface area contributed by atoms with Crippen molar-refractivity contribution in [2.75, 3.05) is 13.2 Å². The zero-order chi connectivity index (χ0) is 38.1. The highest BCUT2D eigenvalue weighted by atomic mass is 16.7. The summed E-state index contributed by atoms with van der Waals surface area (Å²) < 4.78 is 11.1. The van der Waals surface area contributed by atoms with Gasteiger partial charge in [-0.25, -0.2) is 0 Å². The van der Waals surface area contributed by atoms with Gasteiger partial charge in [-0.05, 0) is 38.5 Å². The second-order valence-corrected chi connectivity index (χ2v) is 14.7. The van der Waals surface area contributed by atoms with Crippen LogP contribution in [0.25, 0.3) is 0 Å². The van der Waals surface area contributed by atoms with Gasteiger partial charge in [0, 0.05) is 6.42 Å². The average Bonchev–Trinajstić information content (AvgIpc) is 3.14. The van der Waals surface area contributed by atoms with Gasteiger partial charge in [0.2, 0.25) is 5.91 Å². The molecule has 0 aromatic rings. The molecule has 7 unspecified atom stereocenters. The van der Waals surface area contributed by atoms with Crippen molar-refractivity contribution in [2.24, 2.45) is 0 Å². The first kappa shape index (κ1) is 48.4. The molecule has 1 amide bonds. The Hall–Kier alpha value is -1.59. The lowest BCUT2D eigenvalue weighted by molar-refractivity contribution is -0.302. The summed E-state index contributed by atoms with van der Waals surface area (Å²) in [5, 5.41) is 53.9. The lowest BCUT2D eigenvalue weighted by Crippen LogP contribution is -2.60. The van der Waals surface area contributed by atoms with E-state index in [1.54, 1.807) is 6.08 Å². The number of carbonyl (C=O) groups is 1. The Morgan fingerprint density at radius 1 is 0.654 bits per heavy atom. The van der Waals surface area contributed by atoms with E-state index in [9.17, 15) is 30.3 Å². The van der Waals surface area contributed by atoms with Crippen molar-refractivity contribution in [1.82, 2.24) is 5.32 Å². The molecule has 1 rings (SSSR count). The van der Waals surface area contributed by atoms with Gasteiger partial charge in [-0.15, -0.1) is 0 Å². The first-order chi connectivity index (χ1) is 25.3. The van der Waals surface area contributed by atoms with Crippen LogP contribution >= 0.6 is 0 Å². The van der Waals surface area contributed by atoms with E-state index < -0.39 is 49.5 Å². The third-order valence-electron chi connectivity index (χ3n) is 9.96. The molecule has 1 heterocycles. The van der Waals surface area contributed by atoms with E-state index in [1.165, 1.54) is 103 Å². The molecular weight excluding hydrogens is 658 g/mol. The van der Waals surface area contributed by atoms with Crippen molar-refractivity contribution in [2.45, 2.75) is 217 Å². The van der Waals surface area contributed by atoms with Crippen LogP contribution in [0.3, 0.4) is 0 Å². The number of nitrogens with one attached hydrogen (secondary N) is 1. The van der Waals surface area contributed by atoms with Crippen LogP contribution in [0.5, 0.6) is 0 Å². The summed E-state index contributed by atoms with van der Waals surface area (Å²) in [6.45, 7) is 3.62. The molecule has 0 aromatic heterocycles. The Morgan fingerprint density at radius 2 is 1.12 bits per heavy atom. The van der Waals surface area contributed by atoms with Gasteiger partial charge >= 0.3 is 0 Å². The van der Waals surface area contributed by atoms with E-state index in [0.717, 1.165) is 51.4 Å². The largest absolute Gasteiger partial charge is 0.394 e. The van der Waals surface area contributed by atoms with E-state index >= 15 is 0 Å². The van der Waals surface area contributed by atoms with E-state index in [4.69, 9.17) is 9.47 Å². The number of unbranched alkanes of at least 4 members (excludes halogenated alkanes) is 20. The van der Waals surface area contributed by atoms with Gasteiger partial charge in [0.15, 0.2) is 6.29 Å². The topological polar surface area (TPSA) is 149 Å². The Morgan fingerprint density at radius 3 is 1.60 bits per heavy atom. The number of aliphatic hydroxyl groups excluding tert-OH is 5. The average molecular weight is 738 g/mol. The fourth-order valence-electron chi connectivity index (χ4n) is 6.55. The number of hydrogen-bond acceptors (Lipinski definition) is 8. The molecule has 0 bridgehead atoms. The summed E-state index contributed by atoms with van der Waals surface area (Å²) >= 11 is 0. The molecule has 1 aliphatic rings. The molecule has 0 aromatic carbocycles. The quantitative estimate of drug-likeness (QED) is 0.0287. The van der Waals surface area contributed by atoms with Crippen LogP contribution < -0.4 is 5.32 Å². The summed E-state index contributed by atoms with van der Waals surface area (Å²) in [5.41, 5.74) is 0. The summed E-state index contributed by atoms with van der Waals surface area (Å²) in [5.74, 6) is -0.193. The molecular formula is C43H79NO8. The van der Waals surface area contributed by atoms with Crippen LogP contribution in [-0.4, -0.2) is 87.5 Å². The van der Waals surface area contributed by atoms with Crippen molar-refractivity contribution in [3.63, 3.8) is 0 Å². The zero-order valence-corrected chi connectivity index (χ0v) is 33.1. The lowest BCUT2D eigenvalue weighted by atomic mass is 9.99. The monoisotopic (exact) mass is 738 g/mol. The van der Waals surface area contributed by atoms with Gasteiger partial charge in [-0.3, -0.25) is 4.79 Å². The molecule has 0 aliphatic carbocycles. The molecule has 9 heteroatoms. The molecule has 0 radical (unpaired) electrons. The van der Waals surface area contributed by atoms with Crippen LogP contribution in [0.4, 0.5) is 0 Å². The Balaban J connectivity index is 2.34. The molecule has 52 heavy (non-hydrogen) atoms. The molecule has 0 saturated carbocycles. The van der Waals surface area contributed by atoms with Crippen molar-refractivity contribution < 1.29 is 39.8 Å². The maximum atomic E-state index is 12.9. The van der Waals surface area contributed by atoms with E-state index in [-0.39, 0.29) is 12.5 Å². The summed E-state index contributed by atoms with van der Waals surface area (Å²) in [7, 11) is 0. The summed E-state index contributed by atoms with van der Waals surface area (Å²) in [6.07, 6.45) is 33.5. The Kier molecular flexibility index (Phi) is 31.6. The summed E-state index contributed by atoms with van der Waals surface area (Å²) in [4.78, 5) is 12.9. The van der Waals surface area contributed by atoms with Crippen molar-refractivity contribution >= 4 is 5.91 Å². The highest BCUT2D eigenvalue weighted by molar-refractivity contribution is 5.76. The van der Waals surface area contributed by atoms with Crippen LogP contribution in [0.2, 0.25) is 0 Å². The van der Waals surface area contributed by atoms with Gasteiger partial charge < -0.3 is 40.3 Å². The van der Waals surface area contributed by atoms with Crippen LogP contribution in [0.1, 0.15) is 174 Å². The van der Waals surface area contributed by atoms with E-state index in [1.807, 2.05) is 6.08 Å². The van der Waals surface area contributed by atoms with Crippen LogP contribution in [0.15, 0.2) is 36.5 Å². The number of ether oxygens (including phenoxy) is 2. The second-order valence-electron chi connectivity index (χ2n) is 14.7. The third kappa shape index (κ3) is 24.7.